The number of rotatable bonds is 38. The molecule has 7 N–H and O–H groups in total. The fourth-order valence-corrected chi connectivity index (χ4v) is 6.54. The number of allylic oxidation sites excluding steroid dienone is 2. The number of nitrogens with one attached hydrogen (secondary N) is 1. The third-order valence-corrected chi connectivity index (χ3v) is 9.93. The zero-order chi connectivity index (χ0) is 38.3. The highest BCUT2D eigenvalue weighted by atomic mass is 16.2. The maximum atomic E-state index is 13.2. The van der Waals surface area contributed by atoms with Crippen LogP contribution in [0.15, 0.2) is 17.1 Å². The van der Waals surface area contributed by atoms with Gasteiger partial charge in [-0.25, -0.2) is 0 Å². The summed E-state index contributed by atoms with van der Waals surface area (Å²) in [4.78, 5) is 44.2. The quantitative estimate of drug-likeness (QED) is 0.0214. The molecule has 0 heterocycles. The smallest absolute Gasteiger partial charge is 0.236 e. The Labute approximate surface area is 320 Å². The van der Waals surface area contributed by atoms with Gasteiger partial charge >= 0.3 is 0 Å². The van der Waals surface area contributed by atoms with Gasteiger partial charge < -0.3 is 22.5 Å². The van der Waals surface area contributed by atoms with Crippen LogP contribution in [0.5, 0.6) is 0 Å². The van der Waals surface area contributed by atoms with Crippen LogP contribution < -0.4 is 22.5 Å². The number of imide groups is 1. The lowest BCUT2D eigenvalue weighted by Crippen LogP contribution is -2.43. The number of guanidine groups is 1. The molecule has 0 saturated heterocycles. The van der Waals surface area contributed by atoms with Gasteiger partial charge in [-0.2, -0.15) is 0 Å². The third kappa shape index (κ3) is 33.4. The van der Waals surface area contributed by atoms with Gasteiger partial charge in [0, 0.05) is 32.5 Å². The SMILES string of the molecule is CCCCCCCC/C=C\CCCCCCCCN(C(=O)CCCCCCCCCCCCCCC)C(=O)CCNC(=O)C(N)CCCN=C(N)N. The number of nitrogens with two attached hydrogens (primary N) is 3. The van der Waals surface area contributed by atoms with E-state index < -0.39 is 6.04 Å². The van der Waals surface area contributed by atoms with E-state index in [1.807, 2.05) is 0 Å². The summed E-state index contributed by atoms with van der Waals surface area (Å²) in [7, 11) is 0. The summed E-state index contributed by atoms with van der Waals surface area (Å²) in [5.74, 6) is -0.588. The number of aliphatic imine (C=N–C) groups is 1. The molecule has 0 aromatic heterocycles. The van der Waals surface area contributed by atoms with Crippen molar-refractivity contribution >= 4 is 23.7 Å². The van der Waals surface area contributed by atoms with E-state index in [4.69, 9.17) is 17.2 Å². The molecule has 304 valence electrons. The number of hydrogen-bond acceptors (Lipinski definition) is 5. The van der Waals surface area contributed by atoms with Gasteiger partial charge in [0.2, 0.25) is 17.7 Å². The lowest BCUT2D eigenvalue weighted by Gasteiger charge is -2.21. The molecule has 0 rings (SSSR count). The Morgan fingerprint density at radius 3 is 1.48 bits per heavy atom. The second-order valence-electron chi connectivity index (χ2n) is 15.0. The first-order chi connectivity index (χ1) is 25.3. The van der Waals surface area contributed by atoms with Gasteiger partial charge in [-0.3, -0.25) is 24.3 Å². The number of carbonyl (C=O) groups is 3. The molecule has 0 fully saturated rings. The molecule has 0 aliphatic carbocycles. The van der Waals surface area contributed by atoms with E-state index in [9.17, 15) is 14.4 Å². The van der Waals surface area contributed by atoms with Crippen LogP contribution >= 0.6 is 0 Å². The summed E-state index contributed by atoms with van der Waals surface area (Å²) >= 11 is 0. The Balaban J connectivity index is 4.46. The summed E-state index contributed by atoms with van der Waals surface area (Å²) in [6.07, 6.45) is 39.6. The Hall–Kier alpha value is -2.42. The number of carbonyl (C=O) groups excluding carboxylic acids is 3. The highest BCUT2D eigenvalue weighted by Crippen LogP contribution is 2.15. The maximum Gasteiger partial charge on any atom is 0.236 e. The first kappa shape index (κ1) is 49.6. The zero-order valence-corrected chi connectivity index (χ0v) is 34.1. The largest absolute Gasteiger partial charge is 0.370 e. The Morgan fingerprint density at radius 2 is 1.00 bits per heavy atom. The minimum absolute atomic E-state index is 0.0157. The van der Waals surface area contributed by atoms with E-state index in [2.05, 4.69) is 36.3 Å². The third-order valence-electron chi connectivity index (χ3n) is 9.93. The van der Waals surface area contributed by atoms with E-state index in [0.29, 0.717) is 32.4 Å². The average Bonchev–Trinajstić information content (AvgIpc) is 3.13. The highest BCUT2D eigenvalue weighted by molar-refractivity contribution is 5.95. The van der Waals surface area contributed by atoms with Crippen LogP contribution in [-0.4, -0.2) is 54.3 Å². The summed E-state index contributed by atoms with van der Waals surface area (Å²) in [6, 6.07) is -0.696. The lowest BCUT2D eigenvalue weighted by atomic mass is 10.0. The van der Waals surface area contributed by atoms with Crippen LogP contribution in [0.4, 0.5) is 0 Å². The van der Waals surface area contributed by atoms with Gasteiger partial charge in [-0.15, -0.1) is 0 Å². The minimum Gasteiger partial charge on any atom is -0.370 e. The van der Waals surface area contributed by atoms with Crippen molar-refractivity contribution in [1.82, 2.24) is 10.2 Å². The molecule has 0 bridgehead atoms. The number of nitrogens with zero attached hydrogens (tertiary/aromatic N) is 2. The molecule has 3 amide bonds. The molecule has 1 unspecified atom stereocenters. The van der Waals surface area contributed by atoms with E-state index in [-0.39, 0.29) is 36.6 Å². The van der Waals surface area contributed by atoms with Crippen LogP contribution in [0.2, 0.25) is 0 Å². The highest BCUT2D eigenvalue weighted by Gasteiger charge is 2.21. The zero-order valence-electron chi connectivity index (χ0n) is 34.1. The predicted molar refractivity (Wildman–Crippen MR) is 222 cm³/mol. The van der Waals surface area contributed by atoms with Crippen molar-refractivity contribution in [2.45, 2.75) is 219 Å². The van der Waals surface area contributed by atoms with Crippen molar-refractivity contribution in [3.05, 3.63) is 12.2 Å². The van der Waals surface area contributed by atoms with Crippen molar-refractivity contribution < 1.29 is 14.4 Å². The molecular formula is C43H84N6O3. The van der Waals surface area contributed by atoms with Gasteiger partial charge in [0.05, 0.1) is 6.04 Å². The molecule has 1 atom stereocenters. The van der Waals surface area contributed by atoms with Gasteiger partial charge in [0.15, 0.2) is 5.96 Å². The summed E-state index contributed by atoms with van der Waals surface area (Å²) in [5.41, 5.74) is 16.7. The topological polar surface area (TPSA) is 157 Å². The van der Waals surface area contributed by atoms with E-state index in [1.165, 1.54) is 133 Å². The van der Waals surface area contributed by atoms with E-state index >= 15 is 0 Å². The summed E-state index contributed by atoms with van der Waals surface area (Å²) in [6.45, 7) is 5.55. The number of amides is 3. The second-order valence-corrected chi connectivity index (χ2v) is 15.0. The first-order valence-corrected chi connectivity index (χ1v) is 21.9. The number of unbranched alkanes of at least 4 members (excludes halogenated alkanes) is 24. The Bertz CT molecular complexity index is 905. The van der Waals surface area contributed by atoms with Crippen molar-refractivity contribution in [1.29, 1.82) is 0 Å². The van der Waals surface area contributed by atoms with E-state index in [0.717, 1.165) is 44.9 Å². The minimum atomic E-state index is -0.696. The normalized spacial score (nSPS) is 11.9. The molecule has 0 aromatic rings. The van der Waals surface area contributed by atoms with E-state index in [1.54, 1.807) is 0 Å². The van der Waals surface area contributed by atoms with Crippen LogP contribution in [0, 0.1) is 0 Å². The van der Waals surface area contributed by atoms with Crippen molar-refractivity contribution in [2.75, 3.05) is 19.6 Å². The monoisotopic (exact) mass is 733 g/mol. The van der Waals surface area contributed by atoms with Gasteiger partial charge in [0.1, 0.15) is 0 Å². The lowest BCUT2D eigenvalue weighted by molar-refractivity contribution is -0.145. The molecule has 0 aliphatic rings. The molecule has 52 heavy (non-hydrogen) atoms. The molecule has 9 nitrogen and oxygen atoms in total. The fourth-order valence-electron chi connectivity index (χ4n) is 6.54. The molecule has 9 heteroatoms. The number of hydrogen-bond donors (Lipinski definition) is 4. The molecule has 0 spiro atoms. The van der Waals surface area contributed by atoms with Gasteiger partial charge in [-0.05, 0) is 51.4 Å². The van der Waals surface area contributed by atoms with Crippen LogP contribution in [0.3, 0.4) is 0 Å². The Kier molecular flexibility index (Phi) is 36.5. The molecule has 0 radical (unpaired) electrons. The van der Waals surface area contributed by atoms with Crippen LogP contribution in [0.25, 0.3) is 0 Å². The van der Waals surface area contributed by atoms with Crippen molar-refractivity contribution in [2.24, 2.45) is 22.2 Å². The van der Waals surface area contributed by atoms with Gasteiger partial charge in [-0.1, -0.05) is 161 Å². The maximum absolute atomic E-state index is 13.2. The average molecular weight is 733 g/mol. The van der Waals surface area contributed by atoms with Gasteiger partial charge in [0.25, 0.3) is 0 Å². The summed E-state index contributed by atoms with van der Waals surface area (Å²) in [5, 5.41) is 2.76. The van der Waals surface area contributed by atoms with Crippen LogP contribution in [0.1, 0.15) is 213 Å². The van der Waals surface area contributed by atoms with Crippen molar-refractivity contribution in [3.63, 3.8) is 0 Å². The molecule has 0 aliphatic heterocycles. The first-order valence-electron chi connectivity index (χ1n) is 21.9. The Morgan fingerprint density at radius 1 is 0.577 bits per heavy atom. The van der Waals surface area contributed by atoms with Crippen LogP contribution in [-0.2, 0) is 14.4 Å². The second kappa shape index (κ2) is 38.3. The molecule has 0 saturated carbocycles. The standard InChI is InChI=1S/C43H84N6O3/c1-3-5-7-9-11-13-15-17-18-19-21-23-25-27-29-31-38-49(41(51)35-37-47-42(52)39(44)33-32-36-48-43(45)46)40(50)34-30-28-26-24-22-20-16-14-12-10-8-6-4-2/h17-18,39H,3-16,19-38,44H2,1-2H3,(H,47,52)(H4,45,46,48)/b18-17-. The van der Waals surface area contributed by atoms with Crippen molar-refractivity contribution in [3.8, 4) is 0 Å². The molecular weight excluding hydrogens is 649 g/mol. The fraction of sp³-hybridized carbons (Fsp3) is 0.860. The summed E-state index contributed by atoms with van der Waals surface area (Å²) < 4.78 is 0. The predicted octanol–water partition coefficient (Wildman–Crippen LogP) is 9.75. The molecule has 0 aromatic carbocycles.